The molecule has 0 fully saturated rings. The molecule has 0 aliphatic rings. The van der Waals surface area contributed by atoms with Gasteiger partial charge in [-0.05, 0) is 24.3 Å². The molecule has 0 saturated carbocycles. The zero-order valence-corrected chi connectivity index (χ0v) is 10.7. The summed E-state index contributed by atoms with van der Waals surface area (Å²) < 4.78 is 1.95. The van der Waals surface area contributed by atoms with E-state index < -0.39 is 0 Å². The Bertz CT molecular complexity index is 785. The van der Waals surface area contributed by atoms with Gasteiger partial charge in [-0.3, -0.25) is 9.55 Å². The molecule has 19 heavy (non-hydrogen) atoms. The molecule has 0 N–H and O–H groups in total. The number of alkyl halides is 1. The zero-order chi connectivity index (χ0) is 13.2. The van der Waals surface area contributed by atoms with Crippen LogP contribution in [-0.4, -0.2) is 14.5 Å². The fraction of sp³-hybridized carbons (Fsp3) is 0.0714. The van der Waals surface area contributed by atoms with Gasteiger partial charge in [-0.2, -0.15) is 5.26 Å². The minimum Gasteiger partial charge on any atom is -0.295 e. The second kappa shape index (κ2) is 4.71. The second-order valence-electron chi connectivity index (χ2n) is 4.02. The normalized spacial score (nSPS) is 10.5. The Morgan fingerprint density at radius 2 is 2.21 bits per heavy atom. The molecule has 0 atom stereocenters. The Balaban J connectivity index is 2.31. The lowest BCUT2D eigenvalue weighted by atomic mass is 10.2. The summed E-state index contributed by atoms with van der Waals surface area (Å²) in [4.78, 5) is 8.51. The van der Waals surface area contributed by atoms with Crippen molar-refractivity contribution in [3.8, 4) is 11.8 Å². The number of nitrogens with zero attached hydrogens (tertiary/aromatic N) is 4. The molecular formula is C14H9ClN4. The van der Waals surface area contributed by atoms with Gasteiger partial charge in [-0.15, -0.1) is 11.6 Å². The molecule has 0 spiro atoms. The number of fused-ring (bicyclic) bond motifs is 1. The number of nitriles is 1. The summed E-state index contributed by atoms with van der Waals surface area (Å²) in [5.74, 6) is 1.03. The predicted octanol–water partition coefficient (Wildman–Crippen LogP) is 3.03. The fourth-order valence-electron chi connectivity index (χ4n) is 2.07. The molecule has 0 unspecified atom stereocenters. The van der Waals surface area contributed by atoms with Gasteiger partial charge in [-0.25, -0.2) is 4.98 Å². The van der Waals surface area contributed by atoms with Crippen molar-refractivity contribution in [1.82, 2.24) is 14.5 Å². The summed E-state index contributed by atoms with van der Waals surface area (Å²) in [5.41, 5.74) is 3.21. The molecule has 0 radical (unpaired) electrons. The topological polar surface area (TPSA) is 54.5 Å². The molecule has 2 heterocycles. The molecule has 1 aromatic carbocycles. The molecule has 0 saturated heterocycles. The SMILES string of the molecule is N#Cc1cccc(-n2c(CCl)nc3cnccc32)c1. The quantitative estimate of drug-likeness (QED) is 0.671. The van der Waals surface area contributed by atoms with Gasteiger partial charge >= 0.3 is 0 Å². The lowest BCUT2D eigenvalue weighted by molar-refractivity contribution is 0.981. The van der Waals surface area contributed by atoms with E-state index in [9.17, 15) is 0 Å². The van der Waals surface area contributed by atoms with E-state index in [0.29, 0.717) is 11.4 Å². The number of imidazole rings is 1. The largest absolute Gasteiger partial charge is 0.295 e. The van der Waals surface area contributed by atoms with Gasteiger partial charge in [-0.1, -0.05) is 6.07 Å². The molecule has 5 heteroatoms. The van der Waals surface area contributed by atoms with Gasteiger partial charge in [0.15, 0.2) is 0 Å². The first kappa shape index (κ1) is 11.7. The fourth-order valence-corrected chi connectivity index (χ4v) is 2.25. The number of aromatic nitrogens is 3. The minimum atomic E-state index is 0.297. The molecule has 0 aliphatic carbocycles. The summed E-state index contributed by atoms with van der Waals surface area (Å²) in [6, 6.07) is 11.4. The number of benzene rings is 1. The highest BCUT2D eigenvalue weighted by Gasteiger charge is 2.11. The predicted molar refractivity (Wildman–Crippen MR) is 73.1 cm³/mol. The third kappa shape index (κ3) is 1.94. The van der Waals surface area contributed by atoms with E-state index in [2.05, 4.69) is 16.0 Å². The average molecular weight is 269 g/mol. The van der Waals surface area contributed by atoms with Crippen molar-refractivity contribution >= 4 is 22.6 Å². The Morgan fingerprint density at radius 1 is 1.32 bits per heavy atom. The van der Waals surface area contributed by atoms with Crippen molar-refractivity contribution in [1.29, 1.82) is 5.26 Å². The number of hydrogen-bond donors (Lipinski definition) is 0. The maximum absolute atomic E-state index is 8.99. The average Bonchev–Trinajstić information content (AvgIpc) is 2.85. The first-order chi connectivity index (χ1) is 9.33. The van der Waals surface area contributed by atoms with E-state index in [-0.39, 0.29) is 0 Å². The zero-order valence-electron chi connectivity index (χ0n) is 9.92. The van der Waals surface area contributed by atoms with Crippen LogP contribution < -0.4 is 0 Å². The summed E-state index contributed by atoms with van der Waals surface area (Å²) >= 11 is 5.96. The lowest BCUT2D eigenvalue weighted by Crippen LogP contribution is -1.99. The van der Waals surface area contributed by atoms with Crippen LogP contribution >= 0.6 is 11.6 Å². The van der Waals surface area contributed by atoms with Gasteiger partial charge in [0.05, 0.1) is 29.2 Å². The molecule has 2 aromatic heterocycles. The number of hydrogen-bond acceptors (Lipinski definition) is 3. The smallest absolute Gasteiger partial charge is 0.129 e. The van der Waals surface area contributed by atoms with E-state index in [4.69, 9.17) is 16.9 Å². The van der Waals surface area contributed by atoms with Crippen molar-refractivity contribution in [3.63, 3.8) is 0 Å². The van der Waals surface area contributed by atoms with Crippen LogP contribution in [0.25, 0.3) is 16.7 Å². The molecular weight excluding hydrogens is 260 g/mol. The number of pyridine rings is 1. The van der Waals surface area contributed by atoms with Crippen LogP contribution in [0, 0.1) is 11.3 Å². The molecule has 0 aliphatic heterocycles. The number of rotatable bonds is 2. The molecule has 92 valence electrons. The highest BCUT2D eigenvalue weighted by atomic mass is 35.5. The van der Waals surface area contributed by atoms with Gasteiger partial charge in [0.2, 0.25) is 0 Å². The highest BCUT2D eigenvalue weighted by Crippen LogP contribution is 2.22. The van der Waals surface area contributed by atoms with Crippen molar-refractivity contribution in [2.75, 3.05) is 0 Å². The summed E-state index contributed by atoms with van der Waals surface area (Å²) in [7, 11) is 0. The molecule has 3 rings (SSSR count). The van der Waals surface area contributed by atoms with Crippen LogP contribution in [0.4, 0.5) is 0 Å². The highest BCUT2D eigenvalue weighted by molar-refractivity contribution is 6.17. The maximum Gasteiger partial charge on any atom is 0.129 e. The molecule has 3 aromatic rings. The second-order valence-corrected chi connectivity index (χ2v) is 4.29. The van der Waals surface area contributed by atoms with Crippen LogP contribution in [0.3, 0.4) is 0 Å². The van der Waals surface area contributed by atoms with Crippen molar-refractivity contribution in [2.45, 2.75) is 5.88 Å². The van der Waals surface area contributed by atoms with Crippen molar-refractivity contribution < 1.29 is 0 Å². The first-order valence-electron chi connectivity index (χ1n) is 5.71. The Morgan fingerprint density at radius 3 is 3.00 bits per heavy atom. The lowest BCUT2D eigenvalue weighted by Gasteiger charge is -2.07. The van der Waals surface area contributed by atoms with Gasteiger partial charge in [0.1, 0.15) is 11.3 Å². The van der Waals surface area contributed by atoms with Gasteiger partial charge < -0.3 is 0 Å². The van der Waals surface area contributed by atoms with Gasteiger partial charge in [0.25, 0.3) is 0 Å². The van der Waals surface area contributed by atoms with E-state index in [0.717, 1.165) is 22.5 Å². The Hall–Kier alpha value is -2.38. The molecule has 0 amide bonds. The van der Waals surface area contributed by atoms with E-state index in [1.165, 1.54) is 0 Å². The first-order valence-corrected chi connectivity index (χ1v) is 6.25. The standard InChI is InChI=1S/C14H9ClN4/c15-7-14-18-12-9-17-5-4-13(12)19(14)11-3-1-2-10(6-11)8-16/h1-6,9H,7H2. The minimum absolute atomic E-state index is 0.297. The Labute approximate surface area is 114 Å². The van der Waals surface area contributed by atoms with Gasteiger partial charge in [0, 0.05) is 11.9 Å². The number of halogens is 1. The monoisotopic (exact) mass is 268 g/mol. The molecule has 0 bridgehead atoms. The van der Waals surface area contributed by atoms with Crippen molar-refractivity contribution in [3.05, 3.63) is 54.1 Å². The third-order valence-electron chi connectivity index (χ3n) is 2.88. The van der Waals surface area contributed by atoms with Crippen LogP contribution in [0.1, 0.15) is 11.4 Å². The summed E-state index contributed by atoms with van der Waals surface area (Å²) in [5, 5.41) is 8.99. The van der Waals surface area contributed by atoms with Crippen LogP contribution in [0.2, 0.25) is 0 Å². The van der Waals surface area contributed by atoms with Crippen LogP contribution in [0.15, 0.2) is 42.7 Å². The van der Waals surface area contributed by atoms with Crippen molar-refractivity contribution in [2.24, 2.45) is 0 Å². The van der Waals surface area contributed by atoms with Crippen LogP contribution in [0.5, 0.6) is 0 Å². The van der Waals surface area contributed by atoms with E-state index >= 15 is 0 Å². The third-order valence-corrected chi connectivity index (χ3v) is 3.12. The summed E-state index contributed by atoms with van der Waals surface area (Å²) in [6.07, 6.45) is 3.42. The molecule has 4 nitrogen and oxygen atoms in total. The maximum atomic E-state index is 8.99. The van der Waals surface area contributed by atoms with Crippen LogP contribution in [-0.2, 0) is 5.88 Å². The summed E-state index contributed by atoms with van der Waals surface area (Å²) in [6.45, 7) is 0. The van der Waals surface area contributed by atoms with E-state index in [1.807, 2.05) is 28.8 Å². The van der Waals surface area contributed by atoms with E-state index in [1.54, 1.807) is 18.5 Å². The Kier molecular flexibility index (Phi) is 2.90.